The molecule has 1 atom stereocenters. The molecule has 0 bridgehead atoms. The van der Waals surface area contributed by atoms with E-state index < -0.39 is 0 Å². The van der Waals surface area contributed by atoms with E-state index in [2.05, 4.69) is 5.32 Å². The summed E-state index contributed by atoms with van der Waals surface area (Å²) in [6.07, 6.45) is 0.817. The maximum atomic E-state index is 12.9. The normalized spacial score (nSPS) is 20.2. The summed E-state index contributed by atoms with van der Waals surface area (Å²) in [5.74, 6) is -0.264. The molecule has 92 valence electrons. The molecular weight excluding hydrogens is 221 g/mol. The van der Waals surface area contributed by atoms with Crippen LogP contribution in [0.2, 0.25) is 0 Å². The first-order valence-electron chi connectivity index (χ1n) is 5.72. The molecule has 4 nitrogen and oxygen atoms in total. The molecule has 0 radical (unpaired) electrons. The molecule has 3 N–H and O–H groups in total. The highest BCUT2D eigenvalue weighted by Gasteiger charge is 2.28. The molecule has 17 heavy (non-hydrogen) atoms. The van der Waals surface area contributed by atoms with E-state index in [1.165, 1.54) is 12.1 Å². The predicted octanol–water partition coefficient (Wildman–Crippen LogP) is 1.24. The minimum absolute atomic E-state index is 0.00657. The standard InChI is InChI=1S/C12H16FN3O/c13-10-3-1-9(2-4-10)11-5-7-15-12(17)16(11)8-6-14/h1-4,11H,5-8,14H2,(H,15,17). The highest BCUT2D eigenvalue weighted by Crippen LogP contribution is 2.26. The Morgan fingerprint density at radius 3 is 2.76 bits per heavy atom. The van der Waals surface area contributed by atoms with Crippen molar-refractivity contribution in [3.63, 3.8) is 0 Å². The average Bonchev–Trinajstić information content (AvgIpc) is 2.33. The van der Waals surface area contributed by atoms with E-state index in [9.17, 15) is 9.18 Å². The van der Waals surface area contributed by atoms with Crippen LogP contribution in [0.15, 0.2) is 24.3 Å². The second-order valence-electron chi connectivity index (χ2n) is 4.07. The molecule has 1 aromatic carbocycles. The molecule has 2 amide bonds. The van der Waals surface area contributed by atoms with Gasteiger partial charge in [0.2, 0.25) is 0 Å². The highest BCUT2D eigenvalue weighted by atomic mass is 19.1. The van der Waals surface area contributed by atoms with Gasteiger partial charge in [0.15, 0.2) is 0 Å². The summed E-state index contributed by atoms with van der Waals surface area (Å²) in [6, 6.07) is 6.18. The summed E-state index contributed by atoms with van der Waals surface area (Å²) < 4.78 is 12.9. The van der Waals surface area contributed by atoms with E-state index in [0.717, 1.165) is 12.0 Å². The Bertz CT molecular complexity index is 393. The van der Waals surface area contributed by atoms with E-state index in [-0.39, 0.29) is 17.9 Å². The monoisotopic (exact) mass is 237 g/mol. The second kappa shape index (κ2) is 5.14. The van der Waals surface area contributed by atoms with Crippen LogP contribution in [0.5, 0.6) is 0 Å². The van der Waals surface area contributed by atoms with Crippen molar-refractivity contribution in [1.29, 1.82) is 0 Å². The van der Waals surface area contributed by atoms with Crippen molar-refractivity contribution in [2.75, 3.05) is 19.6 Å². The number of nitrogens with two attached hydrogens (primary N) is 1. The maximum Gasteiger partial charge on any atom is 0.317 e. The summed E-state index contributed by atoms with van der Waals surface area (Å²) in [7, 11) is 0. The van der Waals surface area contributed by atoms with Gasteiger partial charge in [-0.1, -0.05) is 12.1 Å². The van der Waals surface area contributed by atoms with Gasteiger partial charge in [0.1, 0.15) is 5.82 Å². The summed E-state index contributed by atoms with van der Waals surface area (Å²) in [5.41, 5.74) is 6.46. The van der Waals surface area contributed by atoms with Gasteiger partial charge >= 0.3 is 6.03 Å². The van der Waals surface area contributed by atoms with E-state index >= 15 is 0 Å². The lowest BCUT2D eigenvalue weighted by Gasteiger charge is -2.36. The number of nitrogens with zero attached hydrogens (tertiary/aromatic N) is 1. The Labute approximate surface area is 99.6 Å². The number of hydrogen-bond acceptors (Lipinski definition) is 2. The number of rotatable bonds is 3. The Balaban J connectivity index is 2.21. The molecule has 1 unspecified atom stereocenters. The number of carbonyl (C=O) groups excluding carboxylic acids is 1. The molecule has 1 saturated heterocycles. The lowest BCUT2D eigenvalue weighted by molar-refractivity contribution is 0.156. The van der Waals surface area contributed by atoms with E-state index in [1.807, 2.05) is 0 Å². The van der Waals surface area contributed by atoms with Gasteiger partial charge < -0.3 is 16.0 Å². The zero-order chi connectivity index (χ0) is 12.3. The van der Waals surface area contributed by atoms with Crippen molar-refractivity contribution in [1.82, 2.24) is 10.2 Å². The Morgan fingerprint density at radius 2 is 2.12 bits per heavy atom. The number of benzene rings is 1. The SMILES string of the molecule is NCCN1C(=O)NCCC1c1ccc(F)cc1. The number of hydrogen-bond donors (Lipinski definition) is 2. The lowest BCUT2D eigenvalue weighted by Crippen LogP contribution is -2.49. The average molecular weight is 237 g/mol. The molecule has 1 fully saturated rings. The zero-order valence-electron chi connectivity index (χ0n) is 9.53. The van der Waals surface area contributed by atoms with Crippen molar-refractivity contribution in [2.24, 2.45) is 5.73 Å². The van der Waals surface area contributed by atoms with Gasteiger partial charge in [-0.05, 0) is 24.1 Å². The van der Waals surface area contributed by atoms with Gasteiger partial charge in [-0.25, -0.2) is 9.18 Å². The van der Waals surface area contributed by atoms with Gasteiger partial charge in [-0.15, -0.1) is 0 Å². The van der Waals surface area contributed by atoms with Gasteiger partial charge in [0, 0.05) is 19.6 Å². The van der Waals surface area contributed by atoms with Crippen LogP contribution in [-0.4, -0.2) is 30.6 Å². The molecule has 0 saturated carbocycles. The van der Waals surface area contributed by atoms with Crippen molar-refractivity contribution in [2.45, 2.75) is 12.5 Å². The minimum atomic E-state index is -0.264. The molecule has 0 aromatic heterocycles. The van der Waals surface area contributed by atoms with Crippen molar-refractivity contribution >= 4 is 6.03 Å². The zero-order valence-corrected chi connectivity index (χ0v) is 9.53. The third kappa shape index (κ3) is 2.55. The molecule has 0 spiro atoms. The first-order valence-corrected chi connectivity index (χ1v) is 5.72. The Morgan fingerprint density at radius 1 is 1.41 bits per heavy atom. The van der Waals surface area contributed by atoms with Crippen LogP contribution in [-0.2, 0) is 0 Å². The fraction of sp³-hybridized carbons (Fsp3) is 0.417. The van der Waals surface area contributed by atoms with Crippen LogP contribution in [0, 0.1) is 5.82 Å². The summed E-state index contributed by atoms with van der Waals surface area (Å²) in [5, 5.41) is 2.79. The van der Waals surface area contributed by atoms with Crippen LogP contribution in [0.25, 0.3) is 0 Å². The largest absolute Gasteiger partial charge is 0.338 e. The molecule has 1 aromatic rings. The highest BCUT2D eigenvalue weighted by molar-refractivity contribution is 5.75. The van der Waals surface area contributed by atoms with E-state index in [1.54, 1.807) is 17.0 Å². The molecule has 1 aliphatic heterocycles. The second-order valence-corrected chi connectivity index (χ2v) is 4.07. The number of amides is 2. The number of halogens is 1. The van der Waals surface area contributed by atoms with Crippen LogP contribution in [0.3, 0.4) is 0 Å². The molecule has 0 aliphatic carbocycles. The molecule has 5 heteroatoms. The first kappa shape index (κ1) is 11.9. The summed E-state index contributed by atoms with van der Waals surface area (Å²) in [4.78, 5) is 13.4. The van der Waals surface area contributed by atoms with Crippen LogP contribution >= 0.6 is 0 Å². The van der Waals surface area contributed by atoms with Crippen molar-refractivity contribution in [3.8, 4) is 0 Å². The van der Waals surface area contributed by atoms with Crippen LogP contribution < -0.4 is 11.1 Å². The lowest BCUT2D eigenvalue weighted by atomic mass is 10.0. The van der Waals surface area contributed by atoms with Gasteiger partial charge in [0.05, 0.1) is 6.04 Å². The summed E-state index contributed by atoms with van der Waals surface area (Å²) >= 11 is 0. The molecule has 1 heterocycles. The predicted molar refractivity (Wildman–Crippen MR) is 62.9 cm³/mol. The smallest absolute Gasteiger partial charge is 0.317 e. The third-order valence-corrected chi connectivity index (χ3v) is 2.96. The van der Waals surface area contributed by atoms with Gasteiger partial charge in [0.25, 0.3) is 0 Å². The molecule has 1 aliphatic rings. The van der Waals surface area contributed by atoms with Gasteiger partial charge in [-0.2, -0.15) is 0 Å². The number of urea groups is 1. The quantitative estimate of drug-likeness (QED) is 0.831. The van der Waals surface area contributed by atoms with E-state index in [4.69, 9.17) is 5.73 Å². The fourth-order valence-corrected chi connectivity index (χ4v) is 2.14. The van der Waals surface area contributed by atoms with Crippen molar-refractivity contribution in [3.05, 3.63) is 35.6 Å². The van der Waals surface area contributed by atoms with Crippen LogP contribution in [0.4, 0.5) is 9.18 Å². The third-order valence-electron chi connectivity index (χ3n) is 2.96. The number of carbonyl (C=O) groups is 1. The first-order chi connectivity index (χ1) is 8.22. The molecular formula is C12H16FN3O. The minimum Gasteiger partial charge on any atom is -0.338 e. The van der Waals surface area contributed by atoms with Crippen LogP contribution in [0.1, 0.15) is 18.0 Å². The summed E-state index contributed by atoms with van der Waals surface area (Å²) in [6.45, 7) is 1.57. The Kier molecular flexibility index (Phi) is 3.58. The Hall–Kier alpha value is -1.62. The fourth-order valence-electron chi connectivity index (χ4n) is 2.14. The maximum absolute atomic E-state index is 12.9. The van der Waals surface area contributed by atoms with Gasteiger partial charge in [-0.3, -0.25) is 0 Å². The molecule has 2 rings (SSSR count). The van der Waals surface area contributed by atoms with E-state index in [0.29, 0.717) is 19.6 Å². The van der Waals surface area contributed by atoms with Crippen molar-refractivity contribution < 1.29 is 9.18 Å². The topological polar surface area (TPSA) is 58.4 Å². The number of nitrogens with one attached hydrogen (secondary N) is 1.